The van der Waals surface area contributed by atoms with Crippen LogP contribution in [0.5, 0.6) is 0 Å². The van der Waals surface area contributed by atoms with Gasteiger partial charge in [0, 0.05) is 10.7 Å². The van der Waals surface area contributed by atoms with Gasteiger partial charge in [-0.15, -0.1) is 0 Å². The zero-order valence-electron chi connectivity index (χ0n) is 12.8. The van der Waals surface area contributed by atoms with Crippen molar-refractivity contribution in [2.45, 2.75) is 6.92 Å². The van der Waals surface area contributed by atoms with Crippen molar-refractivity contribution < 1.29 is 4.79 Å². The zero-order valence-corrected chi connectivity index (χ0v) is 13.6. The third kappa shape index (κ3) is 3.85. The molecule has 120 valence electrons. The lowest BCUT2D eigenvalue weighted by Gasteiger charge is -2.05. The highest BCUT2D eigenvalue weighted by Gasteiger charge is 2.04. The number of hydrogen-bond acceptors (Lipinski definition) is 4. The summed E-state index contributed by atoms with van der Waals surface area (Å²) in [6.07, 6.45) is 1.62. The molecule has 0 aliphatic carbocycles. The Kier molecular flexibility index (Phi) is 4.67. The summed E-state index contributed by atoms with van der Waals surface area (Å²) in [5, 5.41) is 7.30. The first kappa shape index (κ1) is 15.9. The van der Waals surface area contributed by atoms with Crippen LogP contribution in [0.25, 0.3) is 11.0 Å². The fourth-order valence-corrected chi connectivity index (χ4v) is 2.14. The number of halogens is 1. The van der Waals surface area contributed by atoms with Gasteiger partial charge in [0.2, 0.25) is 0 Å². The molecule has 2 amide bonds. The molecule has 3 rings (SSSR count). The quantitative estimate of drug-likeness (QED) is 0.562. The Hall–Kier alpha value is -2.99. The zero-order chi connectivity index (χ0) is 16.9. The molecule has 24 heavy (non-hydrogen) atoms. The summed E-state index contributed by atoms with van der Waals surface area (Å²) in [6.45, 7) is 1.75. The Labute approximate surface area is 143 Å². The SMILES string of the molecule is C/C(=N/NC(=O)Nc1ccc(Cl)cc1)c1cnc2ccccc2n1. The van der Waals surface area contributed by atoms with Gasteiger partial charge in [0.15, 0.2) is 0 Å². The number of urea groups is 1. The Morgan fingerprint density at radius 1 is 1.08 bits per heavy atom. The summed E-state index contributed by atoms with van der Waals surface area (Å²) >= 11 is 5.80. The average molecular weight is 340 g/mol. The molecule has 0 saturated carbocycles. The number of fused-ring (bicyclic) bond motifs is 1. The molecule has 7 heteroatoms. The van der Waals surface area contributed by atoms with Crippen LogP contribution in [0.1, 0.15) is 12.6 Å². The molecule has 0 saturated heterocycles. The van der Waals surface area contributed by atoms with Crippen LogP contribution in [0.3, 0.4) is 0 Å². The van der Waals surface area contributed by atoms with Crippen molar-refractivity contribution in [2.24, 2.45) is 5.10 Å². The van der Waals surface area contributed by atoms with Crippen molar-refractivity contribution in [3.63, 3.8) is 0 Å². The van der Waals surface area contributed by atoms with Crippen molar-refractivity contribution in [1.82, 2.24) is 15.4 Å². The van der Waals surface area contributed by atoms with E-state index in [1.165, 1.54) is 0 Å². The number of benzene rings is 2. The van der Waals surface area contributed by atoms with Crippen molar-refractivity contribution in [3.8, 4) is 0 Å². The normalized spacial score (nSPS) is 11.3. The van der Waals surface area contributed by atoms with Gasteiger partial charge in [-0.25, -0.2) is 15.2 Å². The molecule has 3 aromatic rings. The van der Waals surface area contributed by atoms with Gasteiger partial charge in [-0.1, -0.05) is 23.7 Å². The van der Waals surface area contributed by atoms with E-state index in [2.05, 4.69) is 25.8 Å². The molecule has 0 fully saturated rings. The molecule has 1 heterocycles. The van der Waals surface area contributed by atoms with E-state index in [-0.39, 0.29) is 0 Å². The first-order valence-electron chi connectivity index (χ1n) is 7.21. The maximum absolute atomic E-state index is 11.8. The highest BCUT2D eigenvalue weighted by molar-refractivity contribution is 6.30. The van der Waals surface area contributed by atoms with Crippen LogP contribution in [0, 0.1) is 0 Å². The molecule has 0 aliphatic rings. The fraction of sp³-hybridized carbons (Fsp3) is 0.0588. The summed E-state index contributed by atoms with van der Waals surface area (Å²) in [5.74, 6) is 0. The van der Waals surface area contributed by atoms with E-state index >= 15 is 0 Å². The van der Waals surface area contributed by atoms with E-state index in [1.54, 1.807) is 37.4 Å². The van der Waals surface area contributed by atoms with E-state index in [1.807, 2.05) is 24.3 Å². The van der Waals surface area contributed by atoms with Crippen LogP contribution >= 0.6 is 11.6 Å². The van der Waals surface area contributed by atoms with Crippen LogP contribution in [-0.2, 0) is 0 Å². The van der Waals surface area contributed by atoms with Crippen LogP contribution in [0.15, 0.2) is 59.8 Å². The second-order valence-electron chi connectivity index (χ2n) is 5.01. The second-order valence-corrected chi connectivity index (χ2v) is 5.45. The smallest absolute Gasteiger partial charge is 0.307 e. The van der Waals surface area contributed by atoms with Crippen molar-refractivity contribution in [1.29, 1.82) is 0 Å². The van der Waals surface area contributed by atoms with Crippen LogP contribution < -0.4 is 10.7 Å². The lowest BCUT2D eigenvalue weighted by Crippen LogP contribution is -2.25. The van der Waals surface area contributed by atoms with Gasteiger partial charge in [0.25, 0.3) is 0 Å². The molecule has 1 aromatic heterocycles. The average Bonchev–Trinajstić information content (AvgIpc) is 2.61. The standard InChI is InChI=1S/C17H14ClN5O/c1-11(16-10-19-14-4-2-3-5-15(14)21-16)22-23-17(24)20-13-8-6-12(18)7-9-13/h2-10H,1H3,(H2,20,23,24)/b22-11-. The Bertz CT molecular complexity index is 908. The first-order valence-corrected chi connectivity index (χ1v) is 7.58. The van der Waals surface area contributed by atoms with Gasteiger partial charge >= 0.3 is 6.03 Å². The van der Waals surface area contributed by atoms with Crippen molar-refractivity contribution in [2.75, 3.05) is 5.32 Å². The minimum atomic E-state index is -0.453. The molecule has 0 aliphatic heterocycles. The second kappa shape index (κ2) is 7.06. The molecule has 0 atom stereocenters. The number of hydrogen-bond donors (Lipinski definition) is 2. The third-order valence-electron chi connectivity index (χ3n) is 3.25. The van der Waals surface area contributed by atoms with E-state index in [0.717, 1.165) is 11.0 Å². The number of para-hydroxylation sites is 2. The molecule has 2 N–H and O–H groups in total. The van der Waals surface area contributed by atoms with Crippen molar-refractivity contribution in [3.05, 3.63) is 65.4 Å². The molecule has 6 nitrogen and oxygen atoms in total. The largest absolute Gasteiger partial charge is 0.339 e. The van der Waals surface area contributed by atoms with Crippen LogP contribution in [0.2, 0.25) is 5.02 Å². The molecule has 0 spiro atoms. The molecular formula is C17H14ClN5O. The number of hydrazone groups is 1. The maximum Gasteiger partial charge on any atom is 0.339 e. The highest BCUT2D eigenvalue weighted by atomic mass is 35.5. The van der Waals surface area contributed by atoms with E-state index in [0.29, 0.717) is 22.1 Å². The highest BCUT2D eigenvalue weighted by Crippen LogP contribution is 2.13. The molecule has 0 radical (unpaired) electrons. The number of nitrogens with zero attached hydrogens (tertiary/aromatic N) is 3. The summed E-state index contributed by atoms with van der Waals surface area (Å²) in [5.41, 5.74) is 5.78. The number of anilines is 1. The fourth-order valence-electron chi connectivity index (χ4n) is 2.02. The number of nitrogens with one attached hydrogen (secondary N) is 2. The lowest BCUT2D eigenvalue weighted by atomic mass is 10.2. The summed E-state index contributed by atoms with van der Waals surface area (Å²) in [6, 6.07) is 13.9. The Morgan fingerprint density at radius 2 is 1.79 bits per heavy atom. The molecule has 2 aromatic carbocycles. The number of rotatable bonds is 3. The van der Waals surface area contributed by atoms with Gasteiger partial charge in [-0.3, -0.25) is 4.98 Å². The number of aromatic nitrogens is 2. The van der Waals surface area contributed by atoms with Gasteiger partial charge in [0.05, 0.1) is 22.9 Å². The van der Waals surface area contributed by atoms with Crippen LogP contribution in [0.4, 0.5) is 10.5 Å². The minimum Gasteiger partial charge on any atom is -0.307 e. The summed E-state index contributed by atoms with van der Waals surface area (Å²) < 4.78 is 0. The van der Waals surface area contributed by atoms with Gasteiger partial charge in [-0.2, -0.15) is 5.10 Å². The number of amides is 2. The van der Waals surface area contributed by atoms with E-state index in [4.69, 9.17) is 11.6 Å². The monoisotopic (exact) mass is 339 g/mol. The van der Waals surface area contributed by atoms with E-state index < -0.39 is 6.03 Å². The predicted octanol–water partition coefficient (Wildman–Crippen LogP) is 3.83. The molecule has 0 unspecified atom stereocenters. The van der Waals surface area contributed by atoms with Crippen molar-refractivity contribution >= 4 is 40.1 Å². The maximum atomic E-state index is 11.8. The molecular weight excluding hydrogens is 326 g/mol. The van der Waals surface area contributed by atoms with E-state index in [9.17, 15) is 4.79 Å². The minimum absolute atomic E-state index is 0.453. The third-order valence-corrected chi connectivity index (χ3v) is 3.50. The van der Waals surface area contributed by atoms with Crippen LogP contribution in [-0.4, -0.2) is 21.7 Å². The summed E-state index contributed by atoms with van der Waals surface area (Å²) in [4.78, 5) is 20.6. The van der Waals surface area contributed by atoms with Gasteiger partial charge < -0.3 is 5.32 Å². The first-order chi connectivity index (χ1) is 11.6. The van der Waals surface area contributed by atoms with Gasteiger partial charge in [0.1, 0.15) is 5.69 Å². The summed E-state index contributed by atoms with van der Waals surface area (Å²) in [7, 11) is 0. The predicted molar refractivity (Wildman–Crippen MR) is 95.4 cm³/mol. The molecule has 0 bridgehead atoms. The number of carbonyl (C=O) groups excluding carboxylic acids is 1. The number of carbonyl (C=O) groups is 1. The topological polar surface area (TPSA) is 79.3 Å². The Morgan fingerprint density at radius 3 is 2.54 bits per heavy atom. The lowest BCUT2D eigenvalue weighted by molar-refractivity contribution is 0.252. The van der Waals surface area contributed by atoms with Gasteiger partial charge in [-0.05, 0) is 43.3 Å². The Balaban J connectivity index is 1.68.